The zero-order valence-corrected chi connectivity index (χ0v) is 23.8. The van der Waals surface area contributed by atoms with Gasteiger partial charge in [-0.05, 0) is 87.3 Å². The Balaban J connectivity index is 1.59. The van der Waals surface area contributed by atoms with Gasteiger partial charge in [-0.25, -0.2) is 0 Å². The van der Waals surface area contributed by atoms with Crippen LogP contribution in [0.3, 0.4) is 0 Å². The molecular weight excluding hydrogens is 448 g/mol. The minimum absolute atomic E-state index is 0.628. The highest BCUT2D eigenvalue weighted by molar-refractivity contribution is 8.23. The van der Waals surface area contributed by atoms with Crippen LogP contribution < -0.4 is 0 Å². The molecule has 0 spiro atoms. The van der Waals surface area contributed by atoms with Crippen molar-refractivity contribution in [3.8, 4) is 0 Å². The SMILES string of the molecule is C=C(CCCC(C)C=CCCCC=C(CCC)CC1CCCCC1)C(=S)Sc1ccccc1C. The van der Waals surface area contributed by atoms with E-state index < -0.39 is 0 Å². The molecule has 1 saturated carbocycles. The standard InChI is InChI=1S/C32H48S2/c1-5-16-29(25-30-22-11-8-12-23-30)21-10-7-6-9-17-26(2)18-15-20-28(4)32(33)34-31-24-14-13-19-27(31)3/h9,13-14,17,19,21,24,26,30H,4-8,10-12,15-16,18,20,22-23,25H2,1-3H3. The lowest BCUT2D eigenvalue weighted by Crippen LogP contribution is -2.07. The lowest BCUT2D eigenvalue weighted by Gasteiger charge is -2.22. The molecule has 0 aliphatic heterocycles. The number of unbranched alkanes of at least 4 members (excludes halogenated alkanes) is 2. The number of rotatable bonds is 15. The summed E-state index contributed by atoms with van der Waals surface area (Å²) in [5.74, 6) is 1.60. The molecule has 1 aromatic carbocycles. The van der Waals surface area contributed by atoms with Gasteiger partial charge < -0.3 is 0 Å². The van der Waals surface area contributed by atoms with Gasteiger partial charge in [-0.3, -0.25) is 0 Å². The summed E-state index contributed by atoms with van der Waals surface area (Å²) in [5, 5.41) is 0. The van der Waals surface area contributed by atoms with E-state index in [4.69, 9.17) is 12.2 Å². The smallest absolute Gasteiger partial charge is 0.0779 e. The molecule has 1 unspecified atom stereocenters. The second-order valence-corrected chi connectivity index (χ2v) is 12.0. The normalized spacial score (nSPS) is 16.1. The number of hydrogen-bond donors (Lipinski definition) is 0. The third-order valence-electron chi connectivity index (χ3n) is 7.04. The van der Waals surface area contributed by atoms with Crippen LogP contribution in [0.2, 0.25) is 0 Å². The molecule has 1 aliphatic rings. The molecule has 0 amide bonds. The van der Waals surface area contributed by atoms with Crippen molar-refractivity contribution in [3.63, 3.8) is 0 Å². The highest BCUT2D eigenvalue weighted by Crippen LogP contribution is 2.31. The molecule has 1 fully saturated rings. The third-order valence-corrected chi connectivity index (χ3v) is 8.73. The first-order valence-corrected chi connectivity index (χ1v) is 15.0. The van der Waals surface area contributed by atoms with Crippen LogP contribution in [0, 0.1) is 18.8 Å². The number of thiocarbonyl (C=S) groups is 1. The van der Waals surface area contributed by atoms with E-state index in [1.165, 1.54) is 87.5 Å². The summed E-state index contributed by atoms with van der Waals surface area (Å²) < 4.78 is 0.941. The van der Waals surface area contributed by atoms with Crippen LogP contribution in [-0.4, -0.2) is 4.20 Å². The first kappa shape index (κ1) is 29.1. The minimum Gasteiger partial charge on any atom is -0.0939 e. The molecule has 1 aliphatic carbocycles. The van der Waals surface area contributed by atoms with E-state index in [1.807, 2.05) is 0 Å². The maximum Gasteiger partial charge on any atom is 0.0779 e. The number of hydrogen-bond acceptors (Lipinski definition) is 2. The molecule has 34 heavy (non-hydrogen) atoms. The van der Waals surface area contributed by atoms with Crippen molar-refractivity contribution in [3.05, 3.63) is 65.8 Å². The molecule has 0 radical (unpaired) electrons. The fourth-order valence-corrected chi connectivity index (χ4v) is 6.11. The fourth-order valence-electron chi connectivity index (χ4n) is 4.92. The molecule has 0 nitrogen and oxygen atoms in total. The Bertz CT molecular complexity index is 795. The Kier molecular flexibility index (Phi) is 14.8. The van der Waals surface area contributed by atoms with Crippen LogP contribution >= 0.6 is 24.0 Å². The molecule has 0 aromatic heterocycles. The van der Waals surface area contributed by atoms with E-state index in [-0.39, 0.29) is 0 Å². The highest BCUT2D eigenvalue weighted by atomic mass is 32.2. The molecule has 0 heterocycles. The predicted octanol–water partition coefficient (Wildman–Crippen LogP) is 11.2. The average Bonchev–Trinajstić information content (AvgIpc) is 2.83. The van der Waals surface area contributed by atoms with Gasteiger partial charge in [0.25, 0.3) is 0 Å². The van der Waals surface area contributed by atoms with Gasteiger partial charge in [0.15, 0.2) is 0 Å². The highest BCUT2D eigenvalue weighted by Gasteiger charge is 2.14. The Morgan fingerprint density at radius 3 is 2.62 bits per heavy atom. The molecule has 1 atom stereocenters. The van der Waals surface area contributed by atoms with Crippen molar-refractivity contribution in [2.45, 2.75) is 116 Å². The van der Waals surface area contributed by atoms with Crippen molar-refractivity contribution >= 4 is 28.2 Å². The number of aryl methyl sites for hydroxylation is 1. The Morgan fingerprint density at radius 1 is 1.12 bits per heavy atom. The Morgan fingerprint density at radius 2 is 1.88 bits per heavy atom. The summed E-state index contributed by atoms with van der Waals surface area (Å²) in [6.07, 6.45) is 25.8. The van der Waals surface area contributed by atoms with Gasteiger partial charge in [-0.15, -0.1) is 0 Å². The second-order valence-electron chi connectivity index (χ2n) is 10.3. The Hall–Kier alpha value is -1.12. The van der Waals surface area contributed by atoms with Gasteiger partial charge in [-0.2, -0.15) is 0 Å². The summed E-state index contributed by atoms with van der Waals surface area (Å²) in [4.78, 5) is 1.25. The molecule has 1 aromatic rings. The van der Waals surface area contributed by atoms with E-state index in [0.717, 1.165) is 28.5 Å². The van der Waals surface area contributed by atoms with Gasteiger partial charge in [0, 0.05) is 4.90 Å². The largest absolute Gasteiger partial charge is 0.0939 e. The topological polar surface area (TPSA) is 0 Å². The number of benzene rings is 1. The molecule has 188 valence electrons. The van der Waals surface area contributed by atoms with Gasteiger partial charge in [-0.1, -0.05) is 125 Å². The lowest BCUT2D eigenvalue weighted by molar-refractivity contribution is 0.353. The van der Waals surface area contributed by atoms with Crippen LogP contribution in [0.25, 0.3) is 0 Å². The zero-order chi connectivity index (χ0) is 24.6. The predicted molar refractivity (Wildman–Crippen MR) is 159 cm³/mol. The summed E-state index contributed by atoms with van der Waals surface area (Å²) in [7, 11) is 0. The first-order chi connectivity index (χ1) is 16.5. The molecular formula is C32H48S2. The average molecular weight is 497 g/mol. The van der Waals surface area contributed by atoms with E-state index in [9.17, 15) is 0 Å². The van der Waals surface area contributed by atoms with Crippen molar-refractivity contribution in [1.29, 1.82) is 0 Å². The van der Waals surface area contributed by atoms with Crippen LogP contribution in [-0.2, 0) is 0 Å². The van der Waals surface area contributed by atoms with E-state index in [1.54, 1.807) is 17.3 Å². The van der Waals surface area contributed by atoms with Crippen molar-refractivity contribution in [1.82, 2.24) is 0 Å². The van der Waals surface area contributed by atoms with Gasteiger partial charge in [0.2, 0.25) is 0 Å². The summed E-state index contributed by atoms with van der Waals surface area (Å²) in [5.41, 5.74) is 4.13. The van der Waals surface area contributed by atoms with Crippen LogP contribution in [0.1, 0.15) is 109 Å². The zero-order valence-electron chi connectivity index (χ0n) is 22.1. The molecule has 0 N–H and O–H groups in total. The number of thioether (sulfide) groups is 1. The Labute approximate surface area is 220 Å². The van der Waals surface area contributed by atoms with E-state index >= 15 is 0 Å². The summed E-state index contributed by atoms with van der Waals surface area (Å²) in [6, 6.07) is 8.43. The van der Waals surface area contributed by atoms with Gasteiger partial charge >= 0.3 is 0 Å². The van der Waals surface area contributed by atoms with Gasteiger partial charge in [0.1, 0.15) is 0 Å². The van der Waals surface area contributed by atoms with Crippen molar-refractivity contribution < 1.29 is 0 Å². The first-order valence-electron chi connectivity index (χ1n) is 13.8. The fraction of sp³-hybridized carbons (Fsp3) is 0.594. The maximum atomic E-state index is 5.63. The summed E-state index contributed by atoms with van der Waals surface area (Å²) >= 11 is 7.32. The lowest BCUT2D eigenvalue weighted by atomic mass is 9.83. The van der Waals surface area contributed by atoms with Crippen LogP contribution in [0.15, 0.2) is 65.1 Å². The minimum atomic E-state index is 0.628. The van der Waals surface area contributed by atoms with Crippen molar-refractivity contribution in [2.24, 2.45) is 11.8 Å². The second kappa shape index (κ2) is 17.3. The third kappa shape index (κ3) is 12.0. The van der Waals surface area contributed by atoms with E-state index in [2.05, 4.69) is 69.8 Å². The number of allylic oxidation sites excluding steroid dienone is 4. The monoisotopic (exact) mass is 496 g/mol. The van der Waals surface area contributed by atoms with Crippen LogP contribution in [0.5, 0.6) is 0 Å². The molecule has 0 saturated heterocycles. The maximum absolute atomic E-state index is 5.63. The van der Waals surface area contributed by atoms with Gasteiger partial charge in [0.05, 0.1) is 4.20 Å². The molecule has 2 rings (SSSR count). The quantitative estimate of drug-likeness (QED) is 0.0778. The van der Waals surface area contributed by atoms with Crippen LogP contribution in [0.4, 0.5) is 0 Å². The van der Waals surface area contributed by atoms with E-state index in [0.29, 0.717) is 5.92 Å². The molecule has 0 bridgehead atoms. The molecule has 2 heteroatoms. The van der Waals surface area contributed by atoms with Crippen molar-refractivity contribution in [2.75, 3.05) is 0 Å². The summed E-state index contributed by atoms with van der Waals surface area (Å²) in [6.45, 7) is 11.1.